The molecule has 2 aromatic carbocycles. The van der Waals surface area contributed by atoms with Gasteiger partial charge in [0, 0.05) is 17.8 Å². The molecular weight excluding hydrogens is 334 g/mol. The number of anilines is 1. The van der Waals surface area contributed by atoms with Gasteiger partial charge in [0.1, 0.15) is 0 Å². The molecule has 1 amide bonds. The molecule has 2 aliphatic heterocycles. The number of rotatable bonds is 2. The summed E-state index contributed by atoms with van der Waals surface area (Å²) in [6.45, 7) is 2.86. The molecule has 2 aliphatic rings. The number of hydrogen-bond donors (Lipinski definition) is 0. The zero-order valence-corrected chi connectivity index (χ0v) is 15.5. The molecule has 0 spiro atoms. The summed E-state index contributed by atoms with van der Waals surface area (Å²) in [6, 6.07) is 14.7. The van der Waals surface area contributed by atoms with Crippen LogP contribution in [0, 0.1) is 6.92 Å². The molecule has 0 radical (unpaired) electrons. The Hall–Kier alpha value is -1.39. The van der Waals surface area contributed by atoms with E-state index in [0.717, 1.165) is 24.2 Å². The molecular formula is C20H21NOS2. The van der Waals surface area contributed by atoms with Crippen LogP contribution in [-0.2, 0) is 6.42 Å². The Labute approximate surface area is 152 Å². The third-order valence-electron chi connectivity index (χ3n) is 4.64. The number of thioether (sulfide) groups is 2. The molecule has 0 aromatic heterocycles. The smallest absolute Gasteiger partial charge is 0.258 e. The molecule has 0 N–H and O–H groups in total. The van der Waals surface area contributed by atoms with Crippen LogP contribution in [0.2, 0.25) is 0 Å². The molecule has 1 saturated heterocycles. The zero-order chi connectivity index (χ0) is 16.5. The number of amides is 1. The predicted octanol–water partition coefficient (Wildman–Crippen LogP) is 5.07. The van der Waals surface area contributed by atoms with Crippen LogP contribution in [-0.4, -0.2) is 24.0 Å². The quantitative estimate of drug-likeness (QED) is 0.750. The first-order chi connectivity index (χ1) is 11.7. The summed E-state index contributed by atoms with van der Waals surface area (Å²) in [7, 11) is 0. The Morgan fingerprint density at radius 3 is 2.58 bits per heavy atom. The molecule has 2 heterocycles. The summed E-state index contributed by atoms with van der Waals surface area (Å²) >= 11 is 4.03. The second kappa shape index (κ2) is 6.85. The maximum Gasteiger partial charge on any atom is 0.258 e. The number of fused-ring (bicyclic) bond motifs is 1. The predicted molar refractivity (Wildman–Crippen MR) is 105 cm³/mol. The summed E-state index contributed by atoms with van der Waals surface area (Å²) in [5.74, 6) is 2.60. The molecule has 2 nitrogen and oxygen atoms in total. The first-order valence-electron chi connectivity index (χ1n) is 8.47. The number of carbonyl (C=O) groups is 1. The van der Waals surface area contributed by atoms with E-state index in [2.05, 4.69) is 37.3 Å². The summed E-state index contributed by atoms with van der Waals surface area (Å²) in [5, 5.41) is 0. The topological polar surface area (TPSA) is 20.3 Å². The minimum atomic E-state index is 0.120. The lowest BCUT2D eigenvalue weighted by Crippen LogP contribution is -2.28. The molecule has 0 bridgehead atoms. The van der Waals surface area contributed by atoms with Gasteiger partial charge in [-0.15, -0.1) is 23.5 Å². The van der Waals surface area contributed by atoms with Gasteiger partial charge in [-0.25, -0.2) is 0 Å². The van der Waals surface area contributed by atoms with Crippen molar-refractivity contribution in [3.63, 3.8) is 0 Å². The van der Waals surface area contributed by atoms with Crippen molar-refractivity contribution < 1.29 is 4.79 Å². The highest BCUT2D eigenvalue weighted by molar-refractivity contribution is 8.16. The maximum atomic E-state index is 12.9. The van der Waals surface area contributed by atoms with E-state index in [4.69, 9.17) is 0 Å². The average molecular weight is 356 g/mol. The van der Waals surface area contributed by atoms with Crippen molar-refractivity contribution in [2.24, 2.45) is 0 Å². The lowest BCUT2D eigenvalue weighted by molar-refractivity contribution is 0.0989. The Bertz CT molecular complexity index is 751. The maximum absolute atomic E-state index is 12.9. The van der Waals surface area contributed by atoms with Gasteiger partial charge in [0.15, 0.2) is 0 Å². The van der Waals surface area contributed by atoms with Crippen LogP contribution in [0.1, 0.15) is 38.1 Å². The fourth-order valence-corrected chi connectivity index (χ4v) is 6.21. The molecule has 124 valence electrons. The van der Waals surface area contributed by atoms with Crippen LogP contribution in [0.3, 0.4) is 0 Å². The second-order valence-corrected chi connectivity index (χ2v) is 9.11. The van der Waals surface area contributed by atoms with E-state index in [1.807, 2.05) is 40.6 Å². The van der Waals surface area contributed by atoms with Crippen molar-refractivity contribution >= 4 is 35.1 Å². The van der Waals surface area contributed by atoms with E-state index in [0.29, 0.717) is 4.58 Å². The van der Waals surface area contributed by atoms with Gasteiger partial charge >= 0.3 is 0 Å². The first kappa shape index (κ1) is 16.1. The Kier molecular flexibility index (Phi) is 4.59. The fourth-order valence-electron chi connectivity index (χ4n) is 3.32. The monoisotopic (exact) mass is 355 g/mol. The van der Waals surface area contributed by atoms with Crippen LogP contribution in [0.5, 0.6) is 0 Å². The lowest BCUT2D eigenvalue weighted by Gasteiger charge is -2.22. The van der Waals surface area contributed by atoms with E-state index in [1.165, 1.54) is 34.6 Å². The van der Waals surface area contributed by atoms with E-state index in [1.54, 1.807) is 0 Å². The van der Waals surface area contributed by atoms with Crippen LogP contribution < -0.4 is 4.90 Å². The van der Waals surface area contributed by atoms with Gasteiger partial charge in [0.2, 0.25) is 0 Å². The van der Waals surface area contributed by atoms with Crippen molar-refractivity contribution in [1.82, 2.24) is 0 Å². The van der Waals surface area contributed by atoms with Crippen molar-refractivity contribution in [1.29, 1.82) is 0 Å². The van der Waals surface area contributed by atoms with Crippen LogP contribution in [0.25, 0.3) is 0 Å². The molecule has 0 aliphatic carbocycles. The highest BCUT2D eigenvalue weighted by atomic mass is 32.2. The molecule has 0 atom stereocenters. The van der Waals surface area contributed by atoms with E-state index >= 15 is 0 Å². The Morgan fingerprint density at radius 2 is 1.83 bits per heavy atom. The number of aryl methyl sites for hydroxylation is 1. The molecule has 0 saturated carbocycles. The van der Waals surface area contributed by atoms with Crippen molar-refractivity contribution in [2.45, 2.75) is 24.3 Å². The van der Waals surface area contributed by atoms with Crippen LogP contribution in [0.15, 0.2) is 42.5 Å². The number of carbonyl (C=O) groups excluding carboxylic acids is 1. The van der Waals surface area contributed by atoms with Crippen LogP contribution in [0.4, 0.5) is 5.69 Å². The number of hydrogen-bond acceptors (Lipinski definition) is 3. The van der Waals surface area contributed by atoms with Gasteiger partial charge in [-0.3, -0.25) is 4.79 Å². The van der Waals surface area contributed by atoms with Crippen molar-refractivity contribution in [3.8, 4) is 0 Å². The Balaban J connectivity index is 1.54. The van der Waals surface area contributed by atoms with Crippen molar-refractivity contribution in [3.05, 3.63) is 64.7 Å². The Morgan fingerprint density at radius 1 is 1.08 bits per heavy atom. The lowest BCUT2D eigenvalue weighted by atomic mass is 10.1. The van der Waals surface area contributed by atoms with Gasteiger partial charge < -0.3 is 4.90 Å². The van der Waals surface area contributed by atoms with Gasteiger partial charge in [-0.1, -0.05) is 24.3 Å². The SMILES string of the molecule is Cc1ccc2c(c1)N(C(=O)c1ccc(C3SCCCS3)cc1)CC2. The normalized spacial score (nSPS) is 17.8. The molecule has 4 rings (SSSR count). The van der Waals surface area contributed by atoms with E-state index in [9.17, 15) is 4.79 Å². The fraction of sp³-hybridized carbons (Fsp3) is 0.350. The molecule has 2 aromatic rings. The zero-order valence-electron chi connectivity index (χ0n) is 13.8. The highest BCUT2D eigenvalue weighted by Crippen LogP contribution is 2.43. The van der Waals surface area contributed by atoms with E-state index in [-0.39, 0.29) is 5.91 Å². The summed E-state index contributed by atoms with van der Waals surface area (Å²) in [5.41, 5.74) is 5.69. The number of benzene rings is 2. The van der Waals surface area contributed by atoms with E-state index < -0.39 is 0 Å². The number of nitrogens with zero attached hydrogens (tertiary/aromatic N) is 1. The second-order valence-electron chi connectivity index (χ2n) is 6.39. The molecule has 4 heteroatoms. The summed E-state index contributed by atoms with van der Waals surface area (Å²) in [6.07, 6.45) is 2.25. The average Bonchev–Trinajstić information content (AvgIpc) is 3.05. The van der Waals surface area contributed by atoms with Crippen molar-refractivity contribution in [2.75, 3.05) is 23.0 Å². The first-order valence-corrected chi connectivity index (χ1v) is 10.6. The third kappa shape index (κ3) is 3.09. The van der Waals surface area contributed by atoms with Gasteiger partial charge in [-0.2, -0.15) is 0 Å². The summed E-state index contributed by atoms with van der Waals surface area (Å²) < 4.78 is 0.526. The minimum Gasteiger partial charge on any atom is -0.308 e. The van der Waals surface area contributed by atoms with Gasteiger partial charge in [0.05, 0.1) is 4.58 Å². The minimum absolute atomic E-state index is 0.120. The standard InChI is InChI=1S/C20H21NOS2/c1-14-3-4-15-9-10-21(18(15)13-14)19(22)16-5-7-17(8-6-16)20-23-11-2-12-24-20/h3-8,13,20H,2,9-12H2,1H3. The molecule has 24 heavy (non-hydrogen) atoms. The van der Waals surface area contributed by atoms with Gasteiger partial charge in [-0.05, 0) is 66.2 Å². The summed E-state index contributed by atoms with van der Waals surface area (Å²) in [4.78, 5) is 14.9. The molecule has 1 fully saturated rings. The third-order valence-corrected chi connectivity index (χ3v) is 7.65. The highest BCUT2D eigenvalue weighted by Gasteiger charge is 2.26. The molecule has 0 unspecified atom stereocenters. The largest absolute Gasteiger partial charge is 0.308 e. The van der Waals surface area contributed by atoms with Gasteiger partial charge in [0.25, 0.3) is 5.91 Å². The van der Waals surface area contributed by atoms with Crippen LogP contribution >= 0.6 is 23.5 Å².